The Morgan fingerprint density at radius 2 is 1.75 bits per heavy atom. The monoisotopic (exact) mass is 430 g/mol. The van der Waals surface area contributed by atoms with Gasteiger partial charge in [-0.3, -0.25) is 10.1 Å². The van der Waals surface area contributed by atoms with Crippen LogP contribution in [0.15, 0.2) is 59.1 Å². The first-order valence-corrected chi connectivity index (χ1v) is 10.2. The van der Waals surface area contributed by atoms with Gasteiger partial charge in [0.2, 0.25) is 5.88 Å². The van der Waals surface area contributed by atoms with Gasteiger partial charge in [-0.15, -0.1) is 0 Å². The number of aryl methyl sites for hydroxylation is 2. The number of carboxylic acids is 1. The van der Waals surface area contributed by atoms with Gasteiger partial charge in [-0.25, -0.2) is 9.48 Å². The summed E-state index contributed by atoms with van der Waals surface area (Å²) in [6, 6.07) is 16.6. The highest BCUT2D eigenvalue weighted by atomic mass is 16.5. The third-order valence-corrected chi connectivity index (χ3v) is 5.29. The third kappa shape index (κ3) is 3.78. The average Bonchev–Trinajstić information content (AvgIpc) is 3.34. The van der Waals surface area contributed by atoms with Crippen LogP contribution in [0, 0.1) is 13.8 Å². The molecule has 8 heteroatoms. The SMILES string of the molecule is CCc1ccc(C(=O)Nc2onc(-c3c(C)nn(-c4ccccc4)c3C)c2C(=O)O)cc1. The van der Waals surface area contributed by atoms with Crippen molar-refractivity contribution in [2.75, 3.05) is 5.32 Å². The first kappa shape index (κ1) is 21.0. The van der Waals surface area contributed by atoms with Crippen molar-refractivity contribution in [1.29, 1.82) is 0 Å². The van der Waals surface area contributed by atoms with Gasteiger partial charge in [-0.2, -0.15) is 5.10 Å². The summed E-state index contributed by atoms with van der Waals surface area (Å²) in [6.45, 7) is 5.62. The van der Waals surface area contributed by atoms with Gasteiger partial charge in [0.25, 0.3) is 5.91 Å². The van der Waals surface area contributed by atoms with Crippen LogP contribution in [0.3, 0.4) is 0 Å². The summed E-state index contributed by atoms with van der Waals surface area (Å²) in [5.74, 6) is -1.96. The topological polar surface area (TPSA) is 110 Å². The van der Waals surface area contributed by atoms with Gasteiger partial charge < -0.3 is 9.63 Å². The summed E-state index contributed by atoms with van der Waals surface area (Å²) < 4.78 is 6.99. The molecule has 0 aliphatic rings. The molecule has 2 aromatic heterocycles. The molecule has 0 atom stereocenters. The molecular formula is C24H22N4O4. The Labute approximate surface area is 184 Å². The van der Waals surface area contributed by atoms with Crippen molar-refractivity contribution in [3.63, 3.8) is 0 Å². The van der Waals surface area contributed by atoms with Gasteiger partial charge in [0.15, 0.2) is 5.56 Å². The number of para-hydroxylation sites is 1. The molecule has 1 amide bonds. The molecule has 0 bridgehead atoms. The Morgan fingerprint density at radius 3 is 2.38 bits per heavy atom. The second kappa shape index (κ2) is 8.50. The number of benzene rings is 2. The number of carbonyl (C=O) groups is 2. The van der Waals surface area contributed by atoms with Crippen molar-refractivity contribution in [3.8, 4) is 16.9 Å². The van der Waals surface area contributed by atoms with Crippen molar-refractivity contribution >= 4 is 17.8 Å². The zero-order valence-corrected chi connectivity index (χ0v) is 17.9. The number of nitrogens with one attached hydrogen (secondary N) is 1. The molecule has 0 saturated carbocycles. The van der Waals surface area contributed by atoms with Gasteiger partial charge in [0, 0.05) is 11.1 Å². The normalized spacial score (nSPS) is 10.8. The largest absolute Gasteiger partial charge is 0.477 e. The maximum atomic E-state index is 12.6. The van der Waals surface area contributed by atoms with Crippen LogP contribution >= 0.6 is 0 Å². The van der Waals surface area contributed by atoms with Crippen molar-refractivity contribution in [1.82, 2.24) is 14.9 Å². The van der Waals surface area contributed by atoms with E-state index in [4.69, 9.17) is 4.52 Å². The number of hydrogen-bond acceptors (Lipinski definition) is 5. The second-order valence-electron chi connectivity index (χ2n) is 7.34. The van der Waals surface area contributed by atoms with Crippen LogP contribution < -0.4 is 5.32 Å². The third-order valence-electron chi connectivity index (χ3n) is 5.29. The number of rotatable bonds is 6. The minimum Gasteiger partial charge on any atom is -0.477 e. The molecule has 0 fully saturated rings. The summed E-state index contributed by atoms with van der Waals surface area (Å²) in [5.41, 5.74) is 4.06. The van der Waals surface area contributed by atoms with Crippen LogP contribution in [0.2, 0.25) is 0 Å². The molecule has 0 aliphatic heterocycles. The molecule has 0 unspecified atom stereocenters. The van der Waals surface area contributed by atoms with E-state index in [1.54, 1.807) is 23.7 Å². The minimum absolute atomic E-state index is 0.117. The predicted molar refractivity (Wildman–Crippen MR) is 119 cm³/mol. The van der Waals surface area contributed by atoms with Crippen molar-refractivity contribution in [3.05, 3.63) is 82.7 Å². The van der Waals surface area contributed by atoms with Gasteiger partial charge in [-0.1, -0.05) is 42.4 Å². The first-order chi connectivity index (χ1) is 15.4. The number of anilines is 1. The fourth-order valence-corrected chi connectivity index (χ4v) is 3.62. The molecule has 4 rings (SSSR count). The highest BCUT2D eigenvalue weighted by Gasteiger charge is 2.29. The first-order valence-electron chi connectivity index (χ1n) is 10.2. The molecule has 4 aromatic rings. The molecule has 8 nitrogen and oxygen atoms in total. The highest BCUT2D eigenvalue weighted by Crippen LogP contribution is 2.34. The van der Waals surface area contributed by atoms with E-state index in [2.05, 4.69) is 15.6 Å². The van der Waals surface area contributed by atoms with Gasteiger partial charge >= 0.3 is 5.97 Å². The van der Waals surface area contributed by atoms with Crippen LogP contribution in [0.4, 0.5) is 5.88 Å². The summed E-state index contributed by atoms with van der Waals surface area (Å²) in [6.07, 6.45) is 0.853. The number of aromatic nitrogens is 3. The Bertz CT molecular complexity index is 1290. The van der Waals surface area contributed by atoms with E-state index in [0.717, 1.165) is 17.7 Å². The number of carbonyl (C=O) groups excluding carboxylic acids is 1. The van der Waals surface area contributed by atoms with Crippen LogP contribution in [0.1, 0.15) is 44.6 Å². The summed E-state index contributed by atoms with van der Waals surface area (Å²) in [4.78, 5) is 24.7. The molecule has 0 radical (unpaired) electrons. The van der Waals surface area contributed by atoms with Gasteiger partial charge in [-0.05, 0) is 50.1 Å². The van der Waals surface area contributed by atoms with E-state index in [9.17, 15) is 14.7 Å². The van der Waals surface area contributed by atoms with Crippen LogP contribution in [-0.2, 0) is 6.42 Å². The molecule has 32 heavy (non-hydrogen) atoms. The number of hydrogen-bond donors (Lipinski definition) is 2. The number of aromatic carboxylic acids is 1. The van der Waals surface area contributed by atoms with Crippen LogP contribution in [-0.4, -0.2) is 31.9 Å². The quantitative estimate of drug-likeness (QED) is 0.460. The predicted octanol–water partition coefficient (Wildman–Crippen LogP) is 4.66. The zero-order valence-electron chi connectivity index (χ0n) is 17.9. The number of nitrogens with zero attached hydrogens (tertiary/aromatic N) is 3. The lowest BCUT2D eigenvalue weighted by atomic mass is 10.1. The van der Waals surface area contributed by atoms with Crippen molar-refractivity contribution in [2.24, 2.45) is 0 Å². The minimum atomic E-state index is -1.26. The summed E-state index contributed by atoms with van der Waals surface area (Å²) in [5, 5.41) is 20.9. The average molecular weight is 430 g/mol. The van der Waals surface area contributed by atoms with Crippen molar-refractivity contribution < 1.29 is 19.2 Å². The molecule has 2 heterocycles. The zero-order chi connectivity index (χ0) is 22.8. The van der Waals surface area contributed by atoms with E-state index in [1.165, 1.54) is 0 Å². The lowest BCUT2D eigenvalue weighted by molar-refractivity contribution is 0.0698. The summed E-state index contributed by atoms with van der Waals surface area (Å²) in [7, 11) is 0. The second-order valence-corrected chi connectivity index (χ2v) is 7.34. The maximum Gasteiger partial charge on any atom is 0.343 e. The van der Waals surface area contributed by atoms with Crippen LogP contribution in [0.5, 0.6) is 0 Å². The lowest BCUT2D eigenvalue weighted by Gasteiger charge is -2.05. The Kier molecular flexibility index (Phi) is 5.59. The molecule has 162 valence electrons. The van der Waals surface area contributed by atoms with E-state index < -0.39 is 11.9 Å². The Balaban J connectivity index is 1.72. The smallest absolute Gasteiger partial charge is 0.343 e. The molecule has 0 aliphatic carbocycles. The van der Waals surface area contributed by atoms with Gasteiger partial charge in [0.1, 0.15) is 5.69 Å². The fraction of sp³-hybridized carbons (Fsp3) is 0.167. The van der Waals surface area contributed by atoms with Gasteiger partial charge in [0.05, 0.1) is 17.1 Å². The molecule has 0 spiro atoms. The van der Waals surface area contributed by atoms with E-state index in [-0.39, 0.29) is 17.1 Å². The Hall–Kier alpha value is -4.20. The standard InChI is InChI=1S/C24H22N4O4/c1-4-16-10-12-17(13-11-16)22(29)25-23-20(24(30)31)21(27-32-23)19-14(2)26-28(15(19)3)18-8-6-5-7-9-18/h5-13H,4H2,1-3H3,(H,25,29)(H,30,31). The summed E-state index contributed by atoms with van der Waals surface area (Å²) >= 11 is 0. The highest BCUT2D eigenvalue weighted by molar-refractivity contribution is 6.08. The Morgan fingerprint density at radius 1 is 1.06 bits per heavy atom. The molecule has 2 N–H and O–H groups in total. The van der Waals surface area contributed by atoms with E-state index >= 15 is 0 Å². The van der Waals surface area contributed by atoms with E-state index in [0.29, 0.717) is 22.5 Å². The lowest BCUT2D eigenvalue weighted by Crippen LogP contribution is -2.14. The van der Waals surface area contributed by atoms with Crippen LogP contribution in [0.25, 0.3) is 16.9 Å². The fourth-order valence-electron chi connectivity index (χ4n) is 3.62. The molecule has 2 aromatic carbocycles. The van der Waals surface area contributed by atoms with Crippen molar-refractivity contribution in [2.45, 2.75) is 27.2 Å². The number of carboxylic acid groups (broad SMARTS) is 1. The molecule has 0 saturated heterocycles. The molecular weight excluding hydrogens is 408 g/mol. The van der Waals surface area contributed by atoms with E-state index in [1.807, 2.05) is 56.3 Å². The maximum absolute atomic E-state index is 12.6. The number of amides is 1.